The molecule has 0 amide bonds. The van der Waals surface area contributed by atoms with Crippen molar-refractivity contribution in [3.05, 3.63) is 53.7 Å². The predicted octanol–water partition coefficient (Wildman–Crippen LogP) is 3.66. The van der Waals surface area contributed by atoms with Crippen LogP contribution in [0.2, 0.25) is 0 Å². The molecular weight excluding hydrogens is 363 g/mol. The molecule has 5 nitrogen and oxygen atoms in total. The Morgan fingerprint density at radius 1 is 1.16 bits per heavy atom. The van der Waals surface area contributed by atoms with Gasteiger partial charge in [0.25, 0.3) is 0 Å². The number of thiazole rings is 1. The molecule has 0 bridgehead atoms. The van der Waals surface area contributed by atoms with Gasteiger partial charge in [0.2, 0.25) is 10.0 Å². The number of nitrogens with two attached hydrogens (primary N) is 1. The van der Waals surface area contributed by atoms with Gasteiger partial charge in [0.15, 0.2) is 11.6 Å². The topological polar surface area (TPSA) is 82.3 Å². The smallest absolute Gasteiger partial charge is 0.238 e. The molecule has 3 aromatic rings. The van der Waals surface area contributed by atoms with Crippen molar-refractivity contribution in [2.75, 3.05) is 6.61 Å². The number of halogens is 1. The molecule has 130 valence electrons. The third-order valence-corrected chi connectivity index (χ3v) is 5.28. The van der Waals surface area contributed by atoms with Gasteiger partial charge in [-0.25, -0.2) is 22.9 Å². The minimum absolute atomic E-state index is 0.0419. The molecule has 0 aliphatic rings. The van der Waals surface area contributed by atoms with Gasteiger partial charge in [0, 0.05) is 16.5 Å². The molecule has 0 radical (unpaired) electrons. The van der Waals surface area contributed by atoms with E-state index in [9.17, 15) is 12.8 Å². The molecule has 0 aliphatic carbocycles. The van der Waals surface area contributed by atoms with Crippen LogP contribution < -0.4 is 9.88 Å². The zero-order valence-electron chi connectivity index (χ0n) is 13.3. The summed E-state index contributed by atoms with van der Waals surface area (Å²) in [6, 6.07) is 10.9. The lowest BCUT2D eigenvalue weighted by molar-refractivity contribution is 0.321. The highest BCUT2D eigenvalue weighted by Gasteiger charge is 2.12. The van der Waals surface area contributed by atoms with E-state index in [4.69, 9.17) is 9.88 Å². The lowest BCUT2D eigenvalue weighted by atomic mass is 10.2. The van der Waals surface area contributed by atoms with Crippen LogP contribution in [-0.4, -0.2) is 20.0 Å². The van der Waals surface area contributed by atoms with E-state index < -0.39 is 15.8 Å². The summed E-state index contributed by atoms with van der Waals surface area (Å²) in [6.07, 6.45) is 0. The molecule has 3 rings (SSSR count). The summed E-state index contributed by atoms with van der Waals surface area (Å²) in [7, 11) is -3.72. The fraction of sp³-hybridized carbons (Fsp3) is 0.118. The highest BCUT2D eigenvalue weighted by Crippen LogP contribution is 2.31. The van der Waals surface area contributed by atoms with Crippen molar-refractivity contribution in [2.45, 2.75) is 11.8 Å². The summed E-state index contributed by atoms with van der Waals surface area (Å²) in [6.45, 7) is 2.19. The molecule has 0 atom stereocenters. The second-order valence-electron chi connectivity index (χ2n) is 5.19. The summed E-state index contributed by atoms with van der Waals surface area (Å²) in [5.74, 6) is -0.227. The molecule has 0 spiro atoms. The second-order valence-corrected chi connectivity index (χ2v) is 7.61. The number of hydrogen-bond acceptors (Lipinski definition) is 5. The summed E-state index contributed by atoms with van der Waals surface area (Å²) in [4.78, 5) is 4.53. The normalized spacial score (nSPS) is 11.5. The second kappa shape index (κ2) is 6.91. The molecule has 8 heteroatoms. The maximum Gasteiger partial charge on any atom is 0.238 e. The number of nitrogens with zero attached hydrogens (tertiary/aromatic N) is 1. The average molecular weight is 378 g/mol. The van der Waals surface area contributed by atoms with E-state index in [2.05, 4.69) is 4.98 Å². The van der Waals surface area contributed by atoms with E-state index in [-0.39, 0.29) is 10.6 Å². The minimum atomic E-state index is -3.72. The first-order valence-corrected chi connectivity index (χ1v) is 9.82. The van der Waals surface area contributed by atoms with E-state index in [1.165, 1.54) is 29.5 Å². The molecule has 0 unspecified atom stereocenters. The van der Waals surface area contributed by atoms with Crippen LogP contribution in [0.5, 0.6) is 5.75 Å². The maximum atomic E-state index is 14.0. The van der Waals surface area contributed by atoms with Gasteiger partial charge >= 0.3 is 0 Å². The SMILES string of the molecule is CCOc1ccc(-c2nc(-c3ccc(S(N)(=O)=O)cc3)cs2)cc1F. The van der Waals surface area contributed by atoms with Crippen molar-refractivity contribution in [1.29, 1.82) is 0 Å². The van der Waals surface area contributed by atoms with Crippen LogP contribution in [-0.2, 0) is 10.0 Å². The predicted molar refractivity (Wildman–Crippen MR) is 95.5 cm³/mol. The largest absolute Gasteiger partial charge is 0.491 e. The Hall–Kier alpha value is -2.29. The average Bonchev–Trinajstić information content (AvgIpc) is 3.06. The van der Waals surface area contributed by atoms with Gasteiger partial charge < -0.3 is 4.74 Å². The van der Waals surface area contributed by atoms with Gasteiger partial charge in [-0.3, -0.25) is 0 Å². The monoisotopic (exact) mass is 378 g/mol. The van der Waals surface area contributed by atoms with Crippen molar-refractivity contribution in [1.82, 2.24) is 4.98 Å². The Kier molecular flexibility index (Phi) is 4.85. The number of sulfonamides is 1. The first-order chi connectivity index (χ1) is 11.9. The summed E-state index contributed by atoms with van der Waals surface area (Å²) >= 11 is 1.37. The van der Waals surface area contributed by atoms with Crippen LogP contribution in [0.15, 0.2) is 52.7 Å². The van der Waals surface area contributed by atoms with Gasteiger partial charge in [-0.1, -0.05) is 12.1 Å². The Morgan fingerprint density at radius 3 is 2.44 bits per heavy atom. The Balaban J connectivity index is 1.89. The molecule has 0 saturated heterocycles. The van der Waals surface area contributed by atoms with Crippen LogP contribution in [0.4, 0.5) is 4.39 Å². The Bertz CT molecular complexity index is 999. The number of hydrogen-bond donors (Lipinski definition) is 1. The van der Waals surface area contributed by atoms with Crippen LogP contribution in [0.25, 0.3) is 21.8 Å². The number of ether oxygens (including phenoxy) is 1. The Morgan fingerprint density at radius 2 is 1.84 bits per heavy atom. The standard InChI is InChI=1S/C17H15FN2O3S2/c1-2-23-16-8-5-12(9-14(16)18)17-20-15(10-24-17)11-3-6-13(7-4-11)25(19,21)22/h3-10H,2H2,1H3,(H2,19,21,22). The number of benzene rings is 2. The highest BCUT2D eigenvalue weighted by molar-refractivity contribution is 7.89. The fourth-order valence-electron chi connectivity index (χ4n) is 2.26. The van der Waals surface area contributed by atoms with E-state index >= 15 is 0 Å². The van der Waals surface area contributed by atoms with Crippen molar-refractivity contribution < 1.29 is 17.5 Å². The third-order valence-electron chi connectivity index (χ3n) is 3.46. The van der Waals surface area contributed by atoms with Gasteiger partial charge in [-0.2, -0.15) is 0 Å². The molecule has 0 aliphatic heterocycles. The third kappa shape index (κ3) is 3.87. The van der Waals surface area contributed by atoms with Crippen molar-refractivity contribution in [2.24, 2.45) is 5.14 Å². The van der Waals surface area contributed by atoms with E-state index in [1.807, 2.05) is 5.38 Å². The lowest BCUT2D eigenvalue weighted by Crippen LogP contribution is -2.11. The molecule has 1 aromatic heterocycles. The molecule has 1 heterocycles. The van der Waals surface area contributed by atoms with Gasteiger partial charge in [-0.05, 0) is 37.3 Å². The number of rotatable bonds is 5. The van der Waals surface area contributed by atoms with Crippen LogP contribution in [0.3, 0.4) is 0 Å². The van der Waals surface area contributed by atoms with Gasteiger partial charge in [-0.15, -0.1) is 11.3 Å². The molecular formula is C17H15FN2O3S2. The zero-order chi connectivity index (χ0) is 18.0. The van der Waals surface area contributed by atoms with E-state index in [0.29, 0.717) is 22.9 Å². The van der Waals surface area contributed by atoms with Crippen LogP contribution >= 0.6 is 11.3 Å². The summed E-state index contributed by atoms with van der Waals surface area (Å²) in [5, 5.41) is 7.58. The molecule has 0 fully saturated rings. The lowest BCUT2D eigenvalue weighted by Gasteiger charge is -2.05. The molecule has 2 aromatic carbocycles. The van der Waals surface area contributed by atoms with Crippen molar-refractivity contribution in [3.63, 3.8) is 0 Å². The summed E-state index contributed by atoms with van der Waals surface area (Å²) < 4.78 is 41.8. The van der Waals surface area contributed by atoms with Gasteiger partial charge in [0.05, 0.1) is 17.2 Å². The first-order valence-electron chi connectivity index (χ1n) is 7.40. The van der Waals surface area contributed by atoms with E-state index in [1.54, 1.807) is 31.2 Å². The summed E-state index contributed by atoms with van der Waals surface area (Å²) in [5.41, 5.74) is 2.08. The quantitative estimate of drug-likeness (QED) is 0.734. The van der Waals surface area contributed by atoms with Crippen molar-refractivity contribution in [3.8, 4) is 27.6 Å². The zero-order valence-corrected chi connectivity index (χ0v) is 14.9. The maximum absolute atomic E-state index is 14.0. The number of primary sulfonamides is 1. The Labute approximate surface area is 149 Å². The van der Waals surface area contributed by atoms with Crippen LogP contribution in [0.1, 0.15) is 6.92 Å². The molecule has 2 N–H and O–H groups in total. The van der Waals surface area contributed by atoms with Gasteiger partial charge in [0.1, 0.15) is 5.01 Å². The minimum Gasteiger partial charge on any atom is -0.491 e. The van der Waals surface area contributed by atoms with E-state index in [0.717, 1.165) is 5.56 Å². The number of aromatic nitrogens is 1. The van der Waals surface area contributed by atoms with Crippen molar-refractivity contribution >= 4 is 21.4 Å². The first kappa shape index (κ1) is 17.5. The highest BCUT2D eigenvalue weighted by atomic mass is 32.2. The fourth-order valence-corrected chi connectivity index (χ4v) is 3.60. The molecule has 25 heavy (non-hydrogen) atoms. The van der Waals surface area contributed by atoms with Crippen LogP contribution in [0, 0.1) is 5.82 Å². The molecule has 0 saturated carbocycles.